The lowest BCUT2D eigenvalue weighted by molar-refractivity contribution is 0.152. The van der Waals surface area contributed by atoms with E-state index < -0.39 is 0 Å². The zero-order chi connectivity index (χ0) is 13.2. The molecular weight excluding hydrogens is 252 g/mol. The minimum Gasteiger partial charge on any atom is -0.380 e. The van der Waals surface area contributed by atoms with E-state index in [0.29, 0.717) is 18.3 Å². The predicted octanol–water partition coefficient (Wildman–Crippen LogP) is 1.44. The second kappa shape index (κ2) is 8.72. The number of nitrogens with one attached hydrogen (secondary N) is 2. The second-order valence-corrected chi connectivity index (χ2v) is 3.93. The van der Waals surface area contributed by atoms with Crippen LogP contribution in [0.1, 0.15) is 12.5 Å². The average molecular weight is 271 g/mol. The zero-order valence-corrected chi connectivity index (χ0v) is 11.5. The number of rotatable bonds is 6. The number of ether oxygens (including phenoxy) is 1. The fourth-order valence-electron chi connectivity index (χ4n) is 1.30. The number of guanidine groups is 1. The number of pyridine rings is 1. The first-order valence-corrected chi connectivity index (χ1v) is 6.26. The fraction of sp³-hybridized carbons (Fsp3) is 0.500. The van der Waals surface area contributed by atoms with Crippen LogP contribution in [0.25, 0.3) is 0 Å². The highest BCUT2D eigenvalue weighted by atomic mass is 35.5. The van der Waals surface area contributed by atoms with Gasteiger partial charge in [0.1, 0.15) is 5.15 Å². The Balaban J connectivity index is 2.29. The standard InChI is InChI=1S/C12H19ClN4O/c1-3-18-7-6-15-12(14-2)17-9-10-4-5-11(13)16-8-10/h4-5,8H,3,6-7,9H2,1-2H3,(H2,14,15,17). The van der Waals surface area contributed by atoms with Gasteiger partial charge in [0.15, 0.2) is 5.96 Å². The van der Waals surface area contributed by atoms with E-state index in [1.807, 2.05) is 13.0 Å². The Hall–Kier alpha value is -1.33. The number of aliphatic imine (C=N–C) groups is 1. The minimum atomic E-state index is 0.498. The van der Waals surface area contributed by atoms with E-state index in [-0.39, 0.29) is 0 Å². The molecule has 0 unspecified atom stereocenters. The van der Waals surface area contributed by atoms with Gasteiger partial charge < -0.3 is 15.4 Å². The van der Waals surface area contributed by atoms with E-state index >= 15 is 0 Å². The first-order valence-electron chi connectivity index (χ1n) is 5.89. The first kappa shape index (κ1) is 14.7. The fourth-order valence-corrected chi connectivity index (χ4v) is 1.42. The summed E-state index contributed by atoms with van der Waals surface area (Å²) in [5.74, 6) is 0.740. The van der Waals surface area contributed by atoms with Gasteiger partial charge in [0, 0.05) is 32.9 Å². The quantitative estimate of drug-likeness (QED) is 0.355. The van der Waals surface area contributed by atoms with Crippen molar-refractivity contribution in [2.45, 2.75) is 13.5 Å². The van der Waals surface area contributed by atoms with Gasteiger partial charge in [-0.05, 0) is 18.6 Å². The molecule has 1 heterocycles. The molecule has 100 valence electrons. The number of nitrogens with zero attached hydrogens (tertiary/aromatic N) is 2. The second-order valence-electron chi connectivity index (χ2n) is 3.54. The van der Waals surface area contributed by atoms with Crippen molar-refractivity contribution >= 4 is 17.6 Å². The topological polar surface area (TPSA) is 58.5 Å². The molecule has 5 nitrogen and oxygen atoms in total. The van der Waals surface area contributed by atoms with Crippen molar-refractivity contribution in [2.24, 2.45) is 4.99 Å². The van der Waals surface area contributed by atoms with Crippen LogP contribution in [-0.4, -0.2) is 37.7 Å². The summed E-state index contributed by atoms with van der Waals surface area (Å²) >= 11 is 5.72. The van der Waals surface area contributed by atoms with Crippen molar-refractivity contribution in [3.8, 4) is 0 Å². The maximum Gasteiger partial charge on any atom is 0.191 e. The van der Waals surface area contributed by atoms with E-state index in [2.05, 4.69) is 20.6 Å². The van der Waals surface area contributed by atoms with Gasteiger partial charge in [-0.3, -0.25) is 4.99 Å². The number of hydrogen-bond acceptors (Lipinski definition) is 3. The van der Waals surface area contributed by atoms with Crippen molar-refractivity contribution < 1.29 is 4.74 Å². The van der Waals surface area contributed by atoms with Gasteiger partial charge in [-0.25, -0.2) is 4.98 Å². The molecule has 0 aliphatic heterocycles. The van der Waals surface area contributed by atoms with Gasteiger partial charge in [-0.1, -0.05) is 17.7 Å². The predicted molar refractivity (Wildman–Crippen MR) is 73.9 cm³/mol. The maximum atomic E-state index is 5.72. The van der Waals surface area contributed by atoms with Crippen LogP contribution in [0.5, 0.6) is 0 Å². The van der Waals surface area contributed by atoms with Gasteiger partial charge in [-0.2, -0.15) is 0 Å². The van der Waals surface area contributed by atoms with Crippen LogP contribution in [0.2, 0.25) is 5.15 Å². The highest BCUT2D eigenvalue weighted by molar-refractivity contribution is 6.29. The monoisotopic (exact) mass is 270 g/mol. The molecule has 0 saturated carbocycles. The molecule has 2 N–H and O–H groups in total. The number of aromatic nitrogens is 1. The van der Waals surface area contributed by atoms with Crippen LogP contribution >= 0.6 is 11.6 Å². The van der Waals surface area contributed by atoms with Gasteiger partial charge in [-0.15, -0.1) is 0 Å². The van der Waals surface area contributed by atoms with Crippen molar-refractivity contribution in [2.75, 3.05) is 26.8 Å². The van der Waals surface area contributed by atoms with Crippen LogP contribution in [-0.2, 0) is 11.3 Å². The minimum absolute atomic E-state index is 0.498. The molecule has 0 saturated heterocycles. The molecule has 0 fully saturated rings. The lowest BCUT2D eigenvalue weighted by Crippen LogP contribution is -2.38. The van der Waals surface area contributed by atoms with E-state index in [1.165, 1.54) is 0 Å². The van der Waals surface area contributed by atoms with E-state index in [9.17, 15) is 0 Å². The molecule has 6 heteroatoms. The maximum absolute atomic E-state index is 5.72. The lowest BCUT2D eigenvalue weighted by Gasteiger charge is -2.11. The summed E-state index contributed by atoms with van der Waals surface area (Å²) in [7, 11) is 1.73. The average Bonchev–Trinajstić information content (AvgIpc) is 2.40. The van der Waals surface area contributed by atoms with Crippen LogP contribution in [0.4, 0.5) is 0 Å². The normalized spacial score (nSPS) is 11.4. The van der Waals surface area contributed by atoms with Crippen LogP contribution in [0, 0.1) is 0 Å². The highest BCUT2D eigenvalue weighted by Gasteiger charge is 1.98. The van der Waals surface area contributed by atoms with Gasteiger partial charge in [0.05, 0.1) is 6.61 Å². The molecule has 18 heavy (non-hydrogen) atoms. The lowest BCUT2D eigenvalue weighted by atomic mass is 10.3. The summed E-state index contributed by atoms with van der Waals surface area (Å²) in [5.41, 5.74) is 1.05. The van der Waals surface area contributed by atoms with E-state index in [1.54, 1.807) is 19.3 Å². The molecule has 0 aliphatic rings. The molecular formula is C12H19ClN4O. The van der Waals surface area contributed by atoms with Crippen molar-refractivity contribution in [1.82, 2.24) is 15.6 Å². The molecule has 0 atom stereocenters. The van der Waals surface area contributed by atoms with Crippen molar-refractivity contribution in [1.29, 1.82) is 0 Å². The molecule has 0 amide bonds. The van der Waals surface area contributed by atoms with Gasteiger partial charge >= 0.3 is 0 Å². The summed E-state index contributed by atoms with van der Waals surface area (Å²) in [6.07, 6.45) is 1.74. The Kier molecular flexibility index (Phi) is 7.13. The molecule has 0 radical (unpaired) electrons. The van der Waals surface area contributed by atoms with Crippen LogP contribution in [0.15, 0.2) is 23.3 Å². The Morgan fingerprint density at radius 3 is 2.89 bits per heavy atom. The number of hydrogen-bond donors (Lipinski definition) is 2. The third-order valence-corrected chi connectivity index (χ3v) is 2.44. The van der Waals surface area contributed by atoms with Crippen LogP contribution < -0.4 is 10.6 Å². The third-order valence-electron chi connectivity index (χ3n) is 2.22. The Labute approximate surface area is 113 Å². The molecule has 0 aliphatic carbocycles. The van der Waals surface area contributed by atoms with E-state index in [4.69, 9.17) is 16.3 Å². The Morgan fingerprint density at radius 2 is 2.28 bits per heavy atom. The molecule has 1 aromatic heterocycles. The Bertz CT molecular complexity index is 367. The summed E-state index contributed by atoms with van der Waals surface area (Å²) in [5, 5.41) is 6.83. The zero-order valence-electron chi connectivity index (χ0n) is 10.7. The molecule has 1 aromatic rings. The SMILES string of the molecule is CCOCCNC(=NC)NCc1ccc(Cl)nc1. The summed E-state index contributed by atoms with van der Waals surface area (Å²) < 4.78 is 5.23. The van der Waals surface area contributed by atoms with Gasteiger partial charge in [0.2, 0.25) is 0 Å². The van der Waals surface area contributed by atoms with Gasteiger partial charge in [0.25, 0.3) is 0 Å². The summed E-state index contributed by atoms with van der Waals surface area (Å²) in [6, 6.07) is 3.69. The summed E-state index contributed by atoms with van der Waals surface area (Å²) in [6.45, 7) is 4.75. The highest BCUT2D eigenvalue weighted by Crippen LogP contribution is 2.04. The Morgan fingerprint density at radius 1 is 1.44 bits per heavy atom. The summed E-state index contributed by atoms with van der Waals surface area (Å²) in [4.78, 5) is 8.13. The van der Waals surface area contributed by atoms with E-state index in [0.717, 1.165) is 24.7 Å². The third kappa shape index (κ3) is 5.84. The van der Waals surface area contributed by atoms with Crippen molar-refractivity contribution in [3.05, 3.63) is 29.0 Å². The first-order chi connectivity index (χ1) is 8.76. The molecule has 0 bridgehead atoms. The smallest absolute Gasteiger partial charge is 0.191 e. The van der Waals surface area contributed by atoms with Crippen molar-refractivity contribution in [3.63, 3.8) is 0 Å². The molecule has 1 rings (SSSR count). The molecule has 0 aromatic carbocycles. The number of halogens is 1. The largest absolute Gasteiger partial charge is 0.380 e. The van der Waals surface area contributed by atoms with Crippen LogP contribution in [0.3, 0.4) is 0 Å². The molecule has 0 spiro atoms.